The van der Waals surface area contributed by atoms with E-state index in [1.807, 2.05) is 48.5 Å². The zero-order valence-electron chi connectivity index (χ0n) is 23.6. The summed E-state index contributed by atoms with van der Waals surface area (Å²) in [7, 11) is 0. The first-order chi connectivity index (χ1) is 20.1. The second-order valence-corrected chi connectivity index (χ2v) is 13.9. The average molecular weight is 649 g/mol. The van der Waals surface area contributed by atoms with E-state index in [0.29, 0.717) is 10.5 Å². The summed E-state index contributed by atoms with van der Waals surface area (Å²) in [5, 5.41) is 0. The molecule has 0 saturated carbocycles. The molecule has 6 unspecified atom stereocenters. The van der Waals surface area contributed by atoms with E-state index in [-0.39, 0.29) is 28.8 Å². The molecule has 6 atom stereocenters. The van der Waals surface area contributed by atoms with Crippen LogP contribution in [0.5, 0.6) is 0 Å². The van der Waals surface area contributed by atoms with Crippen molar-refractivity contribution in [2.45, 2.75) is 42.8 Å². The van der Waals surface area contributed by atoms with E-state index in [0.717, 1.165) is 11.1 Å². The van der Waals surface area contributed by atoms with Crippen LogP contribution in [0.4, 0.5) is 0 Å². The van der Waals surface area contributed by atoms with E-state index >= 15 is 0 Å². The van der Waals surface area contributed by atoms with Gasteiger partial charge in [-0.2, -0.15) is 0 Å². The molecule has 0 N–H and O–H groups in total. The van der Waals surface area contributed by atoms with Gasteiger partial charge in [0.15, 0.2) is 28.2 Å². The molecule has 0 aromatic heterocycles. The third kappa shape index (κ3) is 7.93. The molecule has 1 aliphatic rings. The zero-order chi connectivity index (χ0) is 30.3. The fourth-order valence-electron chi connectivity index (χ4n) is 4.29. The molecule has 224 valence electrons. The Bertz CT molecular complexity index is 1540. The van der Waals surface area contributed by atoms with Gasteiger partial charge in [-0.15, -0.1) is 0 Å². The molecule has 0 spiro atoms. The predicted octanol–water partition coefficient (Wildman–Crippen LogP) is 5.69. The Kier molecular flexibility index (Phi) is 11.1. The van der Waals surface area contributed by atoms with Crippen molar-refractivity contribution in [3.05, 3.63) is 125 Å². The van der Waals surface area contributed by atoms with Gasteiger partial charge in [-0.05, 0) is 42.7 Å². The van der Waals surface area contributed by atoms with Crippen LogP contribution in [0.3, 0.4) is 0 Å². The second-order valence-electron chi connectivity index (χ2n) is 9.65. The van der Waals surface area contributed by atoms with Crippen molar-refractivity contribution < 1.29 is 33.6 Å². The molecule has 0 aliphatic heterocycles. The maximum absolute atomic E-state index is 13.4. The van der Waals surface area contributed by atoms with Gasteiger partial charge in [0, 0.05) is 12.2 Å². The molecule has 4 rings (SSSR count). The summed E-state index contributed by atoms with van der Waals surface area (Å²) in [5.41, 5.74) is 0.594. The lowest BCUT2D eigenvalue weighted by atomic mass is 9.79. The molecule has 0 radical (unpaired) electrons. The number of hydrogen-bond acceptors (Lipinski definition) is 8. The van der Waals surface area contributed by atoms with Crippen molar-refractivity contribution in [2.75, 3.05) is 6.26 Å². The largest absolute Gasteiger partial charge is 0.396 e. The van der Waals surface area contributed by atoms with Crippen LogP contribution in [0.1, 0.15) is 31.9 Å². The minimum atomic E-state index is -2.07. The van der Waals surface area contributed by atoms with Gasteiger partial charge in [0.2, 0.25) is 39.0 Å². The van der Waals surface area contributed by atoms with Crippen LogP contribution in [-0.4, -0.2) is 28.7 Å². The maximum atomic E-state index is 13.4. The van der Waals surface area contributed by atoms with Crippen molar-refractivity contribution in [2.24, 2.45) is 5.92 Å². The smallest absolute Gasteiger partial charge is 0.240 e. The highest BCUT2D eigenvalue weighted by molar-refractivity contribution is 7.80. The molecule has 0 heterocycles. The van der Waals surface area contributed by atoms with Gasteiger partial charge in [-0.1, -0.05) is 85.8 Å². The zero-order valence-corrected chi connectivity index (χ0v) is 26.8. The summed E-state index contributed by atoms with van der Waals surface area (Å²) in [6.45, 7) is 5.15. The first-order valence-electron chi connectivity index (χ1n) is 12.9. The van der Waals surface area contributed by atoms with E-state index in [2.05, 4.69) is 0 Å². The number of rotatable bonds is 13. The molecule has 12 heteroatoms. The molecule has 0 saturated heterocycles. The van der Waals surface area contributed by atoms with Crippen molar-refractivity contribution in [3.63, 3.8) is 0 Å². The molecule has 8 nitrogen and oxygen atoms in total. The van der Waals surface area contributed by atoms with Gasteiger partial charge in [0.25, 0.3) is 0 Å². The molecule has 1 aliphatic carbocycles. The Hall–Kier alpha value is -2.90. The van der Waals surface area contributed by atoms with Crippen LogP contribution >= 0.6 is 0 Å². The van der Waals surface area contributed by atoms with Crippen LogP contribution in [-0.2, 0) is 72.6 Å². The SMILES string of the molecule is CC1=C(OS(=O)Cc2ccccc2)C(OS(=O)Cc2ccccc2)=C(OS(=O)c2ccccc2)C(C)(OS(C)=O)C1C. The highest BCUT2D eigenvalue weighted by Crippen LogP contribution is 2.46. The normalized spacial score (nSPS) is 21.8. The van der Waals surface area contributed by atoms with Crippen molar-refractivity contribution in [3.8, 4) is 0 Å². The monoisotopic (exact) mass is 648 g/mol. The summed E-state index contributed by atoms with van der Waals surface area (Å²) in [4.78, 5) is 0.351. The Balaban J connectivity index is 1.81. The highest BCUT2D eigenvalue weighted by atomic mass is 32.2. The van der Waals surface area contributed by atoms with E-state index in [9.17, 15) is 16.8 Å². The average Bonchev–Trinajstić information content (AvgIpc) is 2.97. The van der Waals surface area contributed by atoms with Crippen molar-refractivity contribution >= 4 is 44.3 Å². The fraction of sp³-hybridized carbons (Fsp3) is 0.267. The summed E-state index contributed by atoms with van der Waals surface area (Å²) < 4.78 is 76.5. The van der Waals surface area contributed by atoms with Crippen LogP contribution < -0.4 is 0 Å². The Morgan fingerprint density at radius 2 is 1.14 bits per heavy atom. The van der Waals surface area contributed by atoms with E-state index in [1.165, 1.54) is 6.26 Å². The van der Waals surface area contributed by atoms with Crippen molar-refractivity contribution in [1.82, 2.24) is 0 Å². The summed E-state index contributed by atoms with van der Waals surface area (Å²) in [6, 6.07) is 26.7. The lowest BCUT2D eigenvalue weighted by Crippen LogP contribution is -2.45. The molecule has 3 aromatic carbocycles. The maximum Gasteiger partial charge on any atom is 0.240 e. The minimum Gasteiger partial charge on any atom is -0.396 e. The molecule has 0 amide bonds. The second kappa shape index (κ2) is 14.5. The Morgan fingerprint density at radius 1 is 0.690 bits per heavy atom. The van der Waals surface area contributed by atoms with Gasteiger partial charge in [0.1, 0.15) is 0 Å². The van der Waals surface area contributed by atoms with E-state index < -0.39 is 55.8 Å². The topological polar surface area (TPSA) is 105 Å². The first kappa shape index (κ1) is 32.0. The minimum absolute atomic E-state index is 0.0195. The van der Waals surface area contributed by atoms with Crippen LogP contribution in [0.25, 0.3) is 0 Å². The molecule has 42 heavy (non-hydrogen) atoms. The third-order valence-electron chi connectivity index (χ3n) is 6.69. The highest BCUT2D eigenvalue weighted by Gasteiger charge is 2.50. The predicted molar refractivity (Wildman–Crippen MR) is 165 cm³/mol. The summed E-state index contributed by atoms with van der Waals surface area (Å²) >= 11 is -7.72. The molecule has 3 aromatic rings. The number of hydrogen-bond donors (Lipinski definition) is 0. The molecular weight excluding hydrogens is 617 g/mol. The van der Waals surface area contributed by atoms with Gasteiger partial charge < -0.3 is 12.5 Å². The van der Waals surface area contributed by atoms with Gasteiger partial charge in [0.05, 0.1) is 16.4 Å². The Labute approximate surface area is 256 Å². The molecule has 0 fully saturated rings. The Morgan fingerprint density at radius 3 is 1.62 bits per heavy atom. The standard InChI is InChI=1S/C30H32O8S4/c1-22-23(2)30(3,38-39(4)31)29(37-42(34)26-18-12-7-13-19-26)28(36-41(33)21-25-16-10-6-11-17-25)27(22)35-40(32)20-24-14-8-5-9-15-24/h5-19,23H,20-21H2,1-4H3. The van der Waals surface area contributed by atoms with Gasteiger partial charge in [-0.3, -0.25) is 4.18 Å². The van der Waals surface area contributed by atoms with E-state index in [1.54, 1.807) is 63.2 Å². The number of benzene rings is 3. The van der Waals surface area contributed by atoms with Gasteiger partial charge in [-0.25, -0.2) is 16.8 Å². The van der Waals surface area contributed by atoms with Crippen LogP contribution in [0.15, 0.2) is 119 Å². The fourth-order valence-corrected chi connectivity index (χ4v) is 7.64. The van der Waals surface area contributed by atoms with Crippen LogP contribution in [0.2, 0.25) is 0 Å². The third-order valence-corrected chi connectivity index (χ3v) is 10.1. The van der Waals surface area contributed by atoms with E-state index in [4.69, 9.17) is 16.7 Å². The first-order valence-corrected chi connectivity index (χ1v) is 18.0. The summed E-state index contributed by atoms with van der Waals surface area (Å²) in [6.07, 6.45) is 1.36. The summed E-state index contributed by atoms with van der Waals surface area (Å²) in [5.74, 6) is -0.759. The quantitative estimate of drug-likeness (QED) is 0.233. The van der Waals surface area contributed by atoms with Crippen LogP contribution in [0, 0.1) is 5.92 Å². The molecule has 0 bridgehead atoms. The molecular formula is C30H32O8S4. The lowest BCUT2D eigenvalue weighted by molar-refractivity contribution is 0.0508. The van der Waals surface area contributed by atoms with Gasteiger partial charge >= 0.3 is 0 Å². The lowest BCUT2D eigenvalue weighted by Gasteiger charge is -2.40. The van der Waals surface area contributed by atoms with Crippen molar-refractivity contribution in [1.29, 1.82) is 0 Å².